The summed E-state index contributed by atoms with van der Waals surface area (Å²) in [4.78, 5) is 35.6. The third-order valence-electron chi connectivity index (χ3n) is 6.58. The number of carbonyl (C=O) groups is 2. The smallest absolute Gasteiger partial charge is 0.410 e. The van der Waals surface area contributed by atoms with E-state index in [1.165, 1.54) is 19.2 Å². The zero-order valence-corrected chi connectivity index (χ0v) is 20.1. The summed E-state index contributed by atoms with van der Waals surface area (Å²) in [5, 5.41) is 2.93. The highest BCUT2D eigenvalue weighted by Crippen LogP contribution is 2.33. The van der Waals surface area contributed by atoms with E-state index in [1.807, 2.05) is 54.6 Å². The maximum Gasteiger partial charge on any atom is 0.410 e. The first-order valence-electron chi connectivity index (χ1n) is 12.5. The quantitative estimate of drug-likeness (QED) is 0.486. The van der Waals surface area contributed by atoms with E-state index in [9.17, 15) is 9.59 Å². The van der Waals surface area contributed by atoms with E-state index in [0.29, 0.717) is 50.0 Å². The van der Waals surface area contributed by atoms with Crippen LogP contribution in [0.4, 0.5) is 10.6 Å². The van der Waals surface area contributed by atoms with E-state index in [-0.39, 0.29) is 24.5 Å². The van der Waals surface area contributed by atoms with Crippen LogP contribution in [0.1, 0.15) is 31.2 Å². The Morgan fingerprint density at radius 1 is 0.944 bits per heavy atom. The van der Waals surface area contributed by atoms with Crippen molar-refractivity contribution in [3.05, 3.63) is 72.6 Å². The average molecular weight is 487 g/mol. The van der Waals surface area contributed by atoms with Crippen LogP contribution in [0.25, 0.3) is 11.3 Å². The molecule has 8 nitrogen and oxygen atoms in total. The molecule has 3 aromatic rings. The number of anilines is 1. The topological polar surface area (TPSA) is 93.6 Å². The second-order valence-electron chi connectivity index (χ2n) is 9.33. The normalized spacial score (nSPS) is 15.8. The van der Waals surface area contributed by atoms with Gasteiger partial charge in [0.15, 0.2) is 0 Å². The molecule has 2 aliphatic rings. The molecule has 0 radical (unpaired) electrons. The summed E-state index contributed by atoms with van der Waals surface area (Å²) in [7, 11) is 0. The van der Waals surface area contributed by atoms with Crippen molar-refractivity contribution < 1.29 is 19.1 Å². The Hall–Kier alpha value is -3.94. The largest absolute Gasteiger partial charge is 0.493 e. The van der Waals surface area contributed by atoms with Crippen LogP contribution in [-0.4, -0.2) is 46.6 Å². The number of nitrogens with one attached hydrogen (secondary N) is 1. The number of para-hydroxylation sites is 1. The van der Waals surface area contributed by atoms with Crippen molar-refractivity contribution in [1.82, 2.24) is 14.9 Å². The molecule has 1 aliphatic heterocycles. The molecule has 2 aromatic carbocycles. The summed E-state index contributed by atoms with van der Waals surface area (Å²) in [5.41, 5.74) is 2.52. The fourth-order valence-electron chi connectivity index (χ4n) is 4.23. The molecule has 2 heterocycles. The van der Waals surface area contributed by atoms with E-state index in [1.54, 1.807) is 11.0 Å². The van der Waals surface area contributed by atoms with Crippen LogP contribution in [0.5, 0.6) is 5.75 Å². The van der Waals surface area contributed by atoms with Gasteiger partial charge in [0.05, 0.1) is 12.3 Å². The van der Waals surface area contributed by atoms with E-state index in [0.717, 1.165) is 16.9 Å². The summed E-state index contributed by atoms with van der Waals surface area (Å²) in [6.45, 7) is 1.91. The molecule has 1 aromatic heterocycles. The van der Waals surface area contributed by atoms with Crippen LogP contribution >= 0.6 is 0 Å². The number of ether oxygens (including phenoxy) is 2. The van der Waals surface area contributed by atoms with Crippen LogP contribution in [0, 0.1) is 11.8 Å². The Morgan fingerprint density at radius 2 is 1.69 bits per heavy atom. The minimum absolute atomic E-state index is 0.102. The van der Waals surface area contributed by atoms with Gasteiger partial charge in [-0.1, -0.05) is 42.5 Å². The standard InChI is InChI=1S/C28H30N4O4/c33-27(22-12-14-32(15-13-22)28(34)36-18-20-6-2-1-3-7-20)31-26-16-24(29-19-30-26)23-8-4-5-9-25(23)35-17-21-10-11-21/h1-9,16,19,21-22H,10-15,17-18H2,(H,29,30,31,33). The Kier molecular flexibility index (Phi) is 7.40. The van der Waals surface area contributed by atoms with Crippen molar-refractivity contribution in [2.45, 2.75) is 32.3 Å². The summed E-state index contributed by atoms with van der Waals surface area (Å²) in [5.74, 6) is 1.58. The highest BCUT2D eigenvalue weighted by Gasteiger charge is 2.28. The molecule has 36 heavy (non-hydrogen) atoms. The second-order valence-corrected chi connectivity index (χ2v) is 9.33. The molecule has 1 saturated carbocycles. The number of rotatable bonds is 8. The monoisotopic (exact) mass is 486 g/mol. The molecule has 1 saturated heterocycles. The zero-order valence-electron chi connectivity index (χ0n) is 20.1. The molecule has 0 bridgehead atoms. The van der Waals surface area contributed by atoms with Crippen LogP contribution in [0.15, 0.2) is 67.0 Å². The van der Waals surface area contributed by atoms with E-state index in [4.69, 9.17) is 9.47 Å². The number of carbonyl (C=O) groups excluding carboxylic acids is 2. The summed E-state index contributed by atoms with van der Waals surface area (Å²) >= 11 is 0. The van der Waals surface area contributed by atoms with Gasteiger partial charge < -0.3 is 19.7 Å². The molecular weight excluding hydrogens is 456 g/mol. The van der Waals surface area contributed by atoms with Crippen LogP contribution < -0.4 is 10.1 Å². The minimum atomic E-state index is -0.347. The van der Waals surface area contributed by atoms with Crippen LogP contribution in [0.2, 0.25) is 0 Å². The number of benzene rings is 2. The van der Waals surface area contributed by atoms with Crippen molar-refractivity contribution in [2.75, 3.05) is 25.0 Å². The van der Waals surface area contributed by atoms with Gasteiger partial charge >= 0.3 is 6.09 Å². The van der Waals surface area contributed by atoms with Gasteiger partial charge in [-0.3, -0.25) is 4.79 Å². The molecule has 0 atom stereocenters. The third kappa shape index (κ3) is 6.19. The van der Waals surface area contributed by atoms with E-state index >= 15 is 0 Å². The first kappa shape index (κ1) is 23.8. The summed E-state index contributed by atoms with van der Waals surface area (Å²) < 4.78 is 11.4. The van der Waals surface area contributed by atoms with E-state index in [2.05, 4.69) is 15.3 Å². The highest BCUT2D eigenvalue weighted by molar-refractivity contribution is 5.92. The van der Waals surface area contributed by atoms with Gasteiger partial charge in [0.2, 0.25) is 5.91 Å². The Balaban J connectivity index is 1.14. The maximum atomic E-state index is 12.9. The second kappa shape index (κ2) is 11.2. The predicted octanol–water partition coefficient (Wildman–Crippen LogP) is 4.92. The van der Waals surface area contributed by atoms with Crippen molar-refractivity contribution in [1.29, 1.82) is 0 Å². The lowest BCUT2D eigenvalue weighted by Crippen LogP contribution is -2.41. The number of likely N-dealkylation sites (tertiary alicyclic amines) is 1. The number of hydrogen-bond donors (Lipinski definition) is 1. The number of nitrogens with zero attached hydrogens (tertiary/aromatic N) is 3. The first-order chi connectivity index (χ1) is 17.7. The van der Waals surface area contributed by atoms with Gasteiger partial charge in [-0.2, -0.15) is 0 Å². The maximum absolute atomic E-state index is 12.9. The van der Waals surface area contributed by atoms with Crippen molar-refractivity contribution >= 4 is 17.8 Å². The molecule has 5 rings (SSSR count). The molecule has 8 heteroatoms. The molecule has 2 fully saturated rings. The van der Waals surface area contributed by atoms with Gasteiger partial charge in [0.25, 0.3) is 0 Å². The molecular formula is C28H30N4O4. The molecule has 0 spiro atoms. The van der Waals surface area contributed by atoms with Crippen molar-refractivity contribution in [2.24, 2.45) is 11.8 Å². The SMILES string of the molecule is O=C(Nc1cc(-c2ccccc2OCC2CC2)ncn1)C1CCN(C(=O)OCc2ccccc2)CC1. The lowest BCUT2D eigenvalue weighted by molar-refractivity contribution is -0.121. The molecule has 0 unspecified atom stereocenters. The first-order valence-corrected chi connectivity index (χ1v) is 12.5. The number of piperidine rings is 1. The van der Waals surface area contributed by atoms with Gasteiger partial charge in [-0.25, -0.2) is 14.8 Å². The minimum Gasteiger partial charge on any atom is -0.493 e. The predicted molar refractivity (Wildman–Crippen MR) is 135 cm³/mol. The van der Waals surface area contributed by atoms with Crippen molar-refractivity contribution in [3.8, 4) is 17.0 Å². The highest BCUT2D eigenvalue weighted by atomic mass is 16.6. The lowest BCUT2D eigenvalue weighted by Gasteiger charge is -2.30. The van der Waals surface area contributed by atoms with Gasteiger partial charge in [0.1, 0.15) is 24.5 Å². The molecule has 2 amide bonds. The van der Waals surface area contributed by atoms with Crippen LogP contribution in [0.3, 0.4) is 0 Å². The fourth-order valence-corrected chi connectivity index (χ4v) is 4.23. The van der Waals surface area contributed by atoms with Gasteiger partial charge in [-0.05, 0) is 49.3 Å². The molecule has 186 valence electrons. The summed E-state index contributed by atoms with van der Waals surface area (Å²) in [6.07, 6.45) is 4.69. The number of aromatic nitrogens is 2. The number of hydrogen-bond acceptors (Lipinski definition) is 6. The van der Waals surface area contributed by atoms with Gasteiger partial charge in [-0.15, -0.1) is 0 Å². The Bertz CT molecular complexity index is 1190. The van der Waals surface area contributed by atoms with Gasteiger partial charge in [0, 0.05) is 30.6 Å². The van der Waals surface area contributed by atoms with Crippen LogP contribution in [-0.2, 0) is 16.1 Å². The van der Waals surface area contributed by atoms with Crippen molar-refractivity contribution in [3.63, 3.8) is 0 Å². The molecule has 1 aliphatic carbocycles. The number of amides is 2. The van der Waals surface area contributed by atoms with E-state index < -0.39 is 0 Å². The Morgan fingerprint density at radius 3 is 2.47 bits per heavy atom. The Labute approximate surface area is 210 Å². The average Bonchev–Trinajstić information content (AvgIpc) is 3.76. The third-order valence-corrected chi connectivity index (χ3v) is 6.58. The zero-order chi connectivity index (χ0) is 24.7. The lowest BCUT2D eigenvalue weighted by atomic mass is 9.96. The fraction of sp³-hybridized carbons (Fsp3) is 0.357. The molecule has 1 N–H and O–H groups in total. The summed E-state index contributed by atoms with van der Waals surface area (Å²) in [6, 6.07) is 19.1.